The predicted octanol–water partition coefficient (Wildman–Crippen LogP) is 5.49. The third-order valence-electron chi connectivity index (χ3n) is 4.79. The summed E-state index contributed by atoms with van der Waals surface area (Å²) in [4.78, 5) is 20.7. The number of methoxy groups -OCH3 is 2. The zero-order chi connectivity index (χ0) is 22.3. The summed E-state index contributed by atoms with van der Waals surface area (Å²) in [7, 11) is 3.21. The molecule has 1 amide bonds. The van der Waals surface area contributed by atoms with Gasteiger partial charge in [0.05, 0.1) is 25.7 Å². The number of ether oxygens (including phenoxy) is 2. The van der Waals surface area contributed by atoms with Gasteiger partial charge < -0.3 is 19.8 Å². The number of anilines is 1. The first-order chi connectivity index (χ1) is 15.7. The second kappa shape index (κ2) is 10.1. The minimum Gasteiger partial charge on any atom is -0.493 e. The number of para-hydroxylation sites is 1. The third kappa shape index (κ3) is 4.95. The summed E-state index contributed by atoms with van der Waals surface area (Å²) >= 11 is 1.39. The lowest BCUT2D eigenvalue weighted by molar-refractivity contribution is -0.113. The number of nitrogens with zero attached hydrogens (tertiary/aromatic N) is 1. The molecule has 0 unspecified atom stereocenters. The van der Waals surface area contributed by atoms with E-state index in [1.165, 1.54) is 11.8 Å². The number of amides is 1. The van der Waals surface area contributed by atoms with Crippen LogP contribution in [0.25, 0.3) is 22.6 Å². The Morgan fingerprint density at radius 2 is 1.59 bits per heavy atom. The van der Waals surface area contributed by atoms with Gasteiger partial charge in [0.1, 0.15) is 10.9 Å². The predicted molar refractivity (Wildman–Crippen MR) is 128 cm³/mol. The Morgan fingerprint density at radius 1 is 0.906 bits per heavy atom. The second-order valence-electron chi connectivity index (χ2n) is 6.90. The van der Waals surface area contributed by atoms with E-state index < -0.39 is 0 Å². The van der Waals surface area contributed by atoms with Crippen LogP contribution in [0.3, 0.4) is 0 Å². The van der Waals surface area contributed by atoms with Gasteiger partial charge in [-0.1, -0.05) is 60.3 Å². The molecule has 0 bridgehead atoms. The van der Waals surface area contributed by atoms with E-state index in [-0.39, 0.29) is 11.7 Å². The smallest absolute Gasteiger partial charge is 0.234 e. The van der Waals surface area contributed by atoms with Crippen molar-refractivity contribution in [1.82, 2.24) is 9.97 Å². The fourth-order valence-electron chi connectivity index (χ4n) is 3.23. The third-order valence-corrected chi connectivity index (χ3v) is 5.76. The number of nitrogens with one attached hydrogen (secondary N) is 2. The molecule has 0 aliphatic carbocycles. The van der Waals surface area contributed by atoms with E-state index in [0.29, 0.717) is 17.3 Å². The van der Waals surface area contributed by atoms with Gasteiger partial charge in [0, 0.05) is 16.8 Å². The van der Waals surface area contributed by atoms with E-state index >= 15 is 0 Å². The zero-order valence-corrected chi connectivity index (χ0v) is 18.6. The van der Waals surface area contributed by atoms with Crippen LogP contribution in [0, 0.1) is 0 Å². The highest BCUT2D eigenvalue weighted by molar-refractivity contribution is 8.00. The van der Waals surface area contributed by atoms with E-state index in [9.17, 15) is 4.79 Å². The lowest BCUT2D eigenvalue weighted by Gasteiger charge is -2.08. The van der Waals surface area contributed by atoms with Gasteiger partial charge in [-0.2, -0.15) is 0 Å². The minimum absolute atomic E-state index is 0.0871. The Labute approximate surface area is 191 Å². The molecule has 4 rings (SSSR count). The van der Waals surface area contributed by atoms with Crippen LogP contribution in [-0.2, 0) is 4.79 Å². The Hall–Kier alpha value is -3.71. The number of carbonyl (C=O) groups excluding carboxylic acids is 1. The maximum absolute atomic E-state index is 12.5. The molecule has 0 spiro atoms. The second-order valence-corrected chi connectivity index (χ2v) is 7.87. The van der Waals surface area contributed by atoms with E-state index in [0.717, 1.165) is 27.5 Å². The molecule has 32 heavy (non-hydrogen) atoms. The van der Waals surface area contributed by atoms with Crippen LogP contribution in [-0.4, -0.2) is 35.8 Å². The Bertz CT molecular complexity index is 1190. The number of carbonyl (C=O) groups is 1. The molecular formula is C25H23N3O3S. The minimum atomic E-state index is -0.0871. The van der Waals surface area contributed by atoms with Crippen LogP contribution in [0.15, 0.2) is 83.9 Å². The Kier molecular flexibility index (Phi) is 6.77. The van der Waals surface area contributed by atoms with E-state index in [2.05, 4.69) is 10.3 Å². The van der Waals surface area contributed by atoms with Gasteiger partial charge in [0.15, 0.2) is 11.5 Å². The highest BCUT2D eigenvalue weighted by Gasteiger charge is 2.17. The van der Waals surface area contributed by atoms with Crippen molar-refractivity contribution in [3.8, 4) is 34.1 Å². The summed E-state index contributed by atoms with van der Waals surface area (Å²) in [6, 6.07) is 25.0. The van der Waals surface area contributed by atoms with Gasteiger partial charge in [-0.3, -0.25) is 4.79 Å². The molecule has 162 valence electrons. The first-order valence-corrected chi connectivity index (χ1v) is 11.0. The van der Waals surface area contributed by atoms with Crippen molar-refractivity contribution in [2.24, 2.45) is 0 Å². The molecule has 1 heterocycles. The summed E-state index contributed by atoms with van der Waals surface area (Å²) in [6.45, 7) is 0. The number of benzene rings is 3. The number of aromatic amines is 1. The van der Waals surface area contributed by atoms with Crippen LogP contribution in [0.2, 0.25) is 0 Å². The van der Waals surface area contributed by atoms with Crippen molar-refractivity contribution in [3.63, 3.8) is 0 Å². The number of imidazole rings is 1. The Morgan fingerprint density at radius 3 is 2.28 bits per heavy atom. The number of thioether (sulfide) groups is 1. The number of hydrogen-bond acceptors (Lipinski definition) is 5. The summed E-state index contributed by atoms with van der Waals surface area (Å²) < 4.78 is 10.8. The number of hydrogen-bond donors (Lipinski definition) is 2. The quantitative estimate of drug-likeness (QED) is 0.351. The molecule has 2 N–H and O–H groups in total. The fourth-order valence-corrected chi connectivity index (χ4v) is 4.04. The van der Waals surface area contributed by atoms with Crippen molar-refractivity contribution in [2.75, 3.05) is 25.3 Å². The first-order valence-electron chi connectivity index (χ1n) is 10.0. The standard InChI is InChI=1S/C25H23N3O3S/c1-30-20-14-13-18(15-21(20)31-2)24-27-23(17-9-5-3-6-10-17)25(28-24)32-16-22(29)26-19-11-7-4-8-12-19/h3-15H,16H2,1-2H3,(H,26,29)(H,27,28). The van der Waals surface area contributed by atoms with Crippen LogP contribution in [0.5, 0.6) is 11.5 Å². The average Bonchev–Trinajstić information content (AvgIpc) is 3.28. The van der Waals surface area contributed by atoms with Gasteiger partial charge in [0.25, 0.3) is 0 Å². The van der Waals surface area contributed by atoms with Gasteiger partial charge >= 0.3 is 0 Å². The van der Waals surface area contributed by atoms with Crippen molar-refractivity contribution < 1.29 is 14.3 Å². The lowest BCUT2D eigenvalue weighted by atomic mass is 10.2. The largest absolute Gasteiger partial charge is 0.493 e. The van der Waals surface area contributed by atoms with Gasteiger partial charge in [0.2, 0.25) is 5.91 Å². The maximum Gasteiger partial charge on any atom is 0.234 e. The van der Waals surface area contributed by atoms with Crippen LogP contribution in [0.4, 0.5) is 5.69 Å². The van der Waals surface area contributed by atoms with Crippen molar-refractivity contribution >= 4 is 23.4 Å². The lowest BCUT2D eigenvalue weighted by Crippen LogP contribution is -2.13. The monoisotopic (exact) mass is 445 g/mol. The van der Waals surface area contributed by atoms with E-state index in [4.69, 9.17) is 14.5 Å². The maximum atomic E-state index is 12.5. The molecule has 1 aromatic heterocycles. The molecule has 6 nitrogen and oxygen atoms in total. The van der Waals surface area contributed by atoms with Gasteiger partial charge in [-0.15, -0.1) is 0 Å². The topological polar surface area (TPSA) is 76.2 Å². The van der Waals surface area contributed by atoms with Crippen molar-refractivity contribution in [2.45, 2.75) is 5.03 Å². The summed E-state index contributed by atoms with van der Waals surface area (Å²) in [5.41, 5.74) is 3.50. The molecular weight excluding hydrogens is 422 g/mol. The molecule has 4 aromatic rings. The number of aromatic nitrogens is 2. The molecule has 0 fully saturated rings. The van der Waals surface area contributed by atoms with Crippen LogP contribution >= 0.6 is 11.8 Å². The SMILES string of the molecule is COc1ccc(-c2nc(SCC(=O)Nc3ccccc3)c(-c3ccccc3)[nH]2)cc1OC. The molecule has 0 aliphatic rings. The highest BCUT2D eigenvalue weighted by Crippen LogP contribution is 2.35. The van der Waals surface area contributed by atoms with Crippen molar-refractivity contribution in [1.29, 1.82) is 0 Å². The summed E-state index contributed by atoms with van der Waals surface area (Å²) in [5.74, 6) is 2.12. The van der Waals surface area contributed by atoms with Gasteiger partial charge in [-0.05, 0) is 30.3 Å². The molecule has 0 saturated heterocycles. The van der Waals surface area contributed by atoms with Crippen LogP contribution in [0.1, 0.15) is 0 Å². The van der Waals surface area contributed by atoms with E-state index in [1.54, 1.807) is 14.2 Å². The molecule has 7 heteroatoms. The molecule has 3 aromatic carbocycles. The summed E-state index contributed by atoms with van der Waals surface area (Å²) in [5, 5.41) is 3.66. The molecule has 0 atom stereocenters. The van der Waals surface area contributed by atoms with Crippen molar-refractivity contribution in [3.05, 3.63) is 78.9 Å². The fraction of sp³-hybridized carbons (Fsp3) is 0.120. The zero-order valence-electron chi connectivity index (χ0n) is 17.8. The summed E-state index contributed by atoms with van der Waals surface area (Å²) in [6.07, 6.45) is 0. The number of rotatable bonds is 8. The normalized spacial score (nSPS) is 10.6. The molecule has 0 saturated carbocycles. The molecule has 0 radical (unpaired) electrons. The van der Waals surface area contributed by atoms with Gasteiger partial charge in [-0.25, -0.2) is 4.98 Å². The van der Waals surface area contributed by atoms with Crippen LogP contribution < -0.4 is 14.8 Å². The first kappa shape index (κ1) is 21.5. The van der Waals surface area contributed by atoms with E-state index in [1.807, 2.05) is 78.9 Å². The Balaban J connectivity index is 1.61. The highest BCUT2D eigenvalue weighted by atomic mass is 32.2. The molecule has 0 aliphatic heterocycles. The average molecular weight is 446 g/mol. The number of H-pyrrole nitrogens is 1.